The first-order valence-electron chi connectivity index (χ1n) is 2.81. The highest BCUT2D eigenvalue weighted by Crippen LogP contribution is 2.00. The van der Waals surface area contributed by atoms with Gasteiger partial charge in [0, 0.05) is 0 Å². The van der Waals surface area contributed by atoms with Crippen LogP contribution >= 0.6 is 0 Å². The number of aliphatic carboxylic acids is 1. The van der Waals surface area contributed by atoms with Gasteiger partial charge < -0.3 is 9.84 Å². The molecule has 0 saturated carbocycles. The molecule has 0 radical (unpaired) electrons. The van der Waals surface area contributed by atoms with E-state index in [9.17, 15) is 14.4 Å². The molecule has 0 fully saturated rings. The number of rotatable bonds is 3. The van der Waals surface area contributed by atoms with E-state index in [0.29, 0.717) is 0 Å². The van der Waals surface area contributed by atoms with Crippen LogP contribution in [-0.2, 0) is 19.1 Å². The molecule has 0 bridgehead atoms. The molecule has 1 atom stereocenters. The maximum absolute atomic E-state index is 10.6. The maximum Gasteiger partial charge on any atom is 0.327 e. The molecule has 11 heavy (non-hydrogen) atoms. The molecule has 0 aliphatic carbocycles. The van der Waals surface area contributed by atoms with Crippen LogP contribution in [0.25, 0.3) is 0 Å². The molecule has 0 spiro atoms. The standard InChI is InChI=1S/C6H8O5/c1-3(7)4(5(8)9)6(10)11-2/h4H,1-2H3,(H,8,9). The molecule has 0 aliphatic heterocycles. The van der Waals surface area contributed by atoms with E-state index in [-0.39, 0.29) is 0 Å². The minimum Gasteiger partial charge on any atom is -0.480 e. The average molecular weight is 160 g/mol. The molecule has 0 rings (SSSR count). The largest absolute Gasteiger partial charge is 0.480 e. The van der Waals surface area contributed by atoms with E-state index in [1.807, 2.05) is 0 Å². The topological polar surface area (TPSA) is 80.7 Å². The van der Waals surface area contributed by atoms with Gasteiger partial charge in [-0.15, -0.1) is 0 Å². The molecule has 0 aromatic heterocycles. The summed E-state index contributed by atoms with van der Waals surface area (Å²) in [5, 5.41) is 8.32. The van der Waals surface area contributed by atoms with Crippen LogP contribution in [-0.4, -0.2) is 29.9 Å². The zero-order valence-electron chi connectivity index (χ0n) is 6.16. The Morgan fingerprint density at radius 1 is 1.36 bits per heavy atom. The second-order valence-electron chi connectivity index (χ2n) is 1.91. The molecule has 0 heterocycles. The van der Waals surface area contributed by atoms with Crippen LogP contribution < -0.4 is 0 Å². The van der Waals surface area contributed by atoms with Crippen LogP contribution in [0.3, 0.4) is 0 Å². The number of hydrogen-bond donors (Lipinski definition) is 1. The van der Waals surface area contributed by atoms with Crippen LogP contribution in [0, 0.1) is 5.92 Å². The van der Waals surface area contributed by atoms with Crippen molar-refractivity contribution in [2.45, 2.75) is 6.92 Å². The van der Waals surface area contributed by atoms with Gasteiger partial charge in [-0.1, -0.05) is 0 Å². The third-order valence-electron chi connectivity index (χ3n) is 1.09. The van der Waals surface area contributed by atoms with Gasteiger partial charge in [-0.05, 0) is 6.92 Å². The molecule has 5 heteroatoms. The number of hydrogen-bond acceptors (Lipinski definition) is 4. The van der Waals surface area contributed by atoms with E-state index in [4.69, 9.17) is 5.11 Å². The summed E-state index contributed by atoms with van der Waals surface area (Å²) < 4.78 is 4.09. The molecule has 1 unspecified atom stereocenters. The molecule has 0 aromatic rings. The highest BCUT2D eigenvalue weighted by atomic mass is 16.5. The van der Waals surface area contributed by atoms with E-state index in [1.54, 1.807) is 0 Å². The van der Waals surface area contributed by atoms with Crippen molar-refractivity contribution in [2.75, 3.05) is 7.11 Å². The van der Waals surface area contributed by atoms with Crippen molar-refractivity contribution in [3.8, 4) is 0 Å². The number of esters is 1. The first kappa shape index (κ1) is 9.61. The predicted octanol–water partition coefficient (Wildman–Crippen LogP) is -0.551. The molecule has 5 nitrogen and oxygen atoms in total. The van der Waals surface area contributed by atoms with E-state index in [2.05, 4.69) is 4.74 Å². The molecule has 0 aliphatic rings. The van der Waals surface area contributed by atoms with Gasteiger partial charge in [0.15, 0.2) is 5.78 Å². The lowest BCUT2D eigenvalue weighted by Gasteiger charge is -2.04. The normalized spacial score (nSPS) is 11.8. The summed E-state index contributed by atoms with van der Waals surface area (Å²) in [6.07, 6.45) is 0. The quantitative estimate of drug-likeness (QED) is 0.442. The number of Topliss-reactive ketones (excluding diaryl/α,β-unsaturated/α-hetero) is 1. The lowest BCUT2D eigenvalue weighted by molar-refractivity contribution is -0.159. The van der Waals surface area contributed by atoms with Gasteiger partial charge in [-0.2, -0.15) is 0 Å². The number of carbonyl (C=O) groups is 3. The summed E-state index contributed by atoms with van der Waals surface area (Å²) in [5.41, 5.74) is 0. The number of carboxylic acid groups (broad SMARTS) is 1. The summed E-state index contributed by atoms with van der Waals surface area (Å²) >= 11 is 0. The first-order chi connectivity index (χ1) is 5.00. The van der Waals surface area contributed by atoms with Crippen LogP contribution in [0.4, 0.5) is 0 Å². The smallest absolute Gasteiger partial charge is 0.327 e. The Balaban J connectivity index is 4.47. The fourth-order valence-electron chi connectivity index (χ4n) is 0.559. The minimum atomic E-state index is -1.68. The molecular formula is C6H8O5. The number of carbonyl (C=O) groups excluding carboxylic acids is 2. The Morgan fingerprint density at radius 2 is 1.82 bits per heavy atom. The Kier molecular flexibility index (Phi) is 3.23. The van der Waals surface area contributed by atoms with Gasteiger partial charge in [-0.3, -0.25) is 14.4 Å². The van der Waals surface area contributed by atoms with Crippen molar-refractivity contribution in [3.05, 3.63) is 0 Å². The highest BCUT2D eigenvalue weighted by Gasteiger charge is 2.31. The van der Waals surface area contributed by atoms with Crippen molar-refractivity contribution in [1.29, 1.82) is 0 Å². The predicted molar refractivity (Wildman–Crippen MR) is 33.8 cm³/mol. The van der Waals surface area contributed by atoms with Gasteiger partial charge >= 0.3 is 11.9 Å². The zero-order chi connectivity index (χ0) is 9.02. The van der Waals surface area contributed by atoms with Gasteiger partial charge in [-0.25, -0.2) is 0 Å². The van der Waals surface area contributed by atoms with Crippen LogP contribution in [0.15, 0.2) is 0 Å². The summed E-state index contributed by atoms with van der Waals surface area (Å²) in [7, 11) is 1.03. The average Bonchev–Trinajstić information content (AvgIpc) is 1.85. The molecule has 62 valence electrons. The third-order valence-corrected chi connectivity index (χ3v) is 1.09. The number of methoxy groups -OCH3 is 1. The zero-order valence-corrected chi connectivity index (χ0v) is 6.16. The second-order valence-corrected chi connectivity index (χ2v) is 1.91. The Hall–Kier alpha value is -1.39. The molecule has 0 aromatic carbocycles. The van der Waals surface area contributed by atoms with Gasteiger partial charge in [0.05, 0.1) is 7.11 Å². The summed E-state index contributed by atoms with van der Waals surface area (Å²) in [5.74, 6) is -4.93. The maximum atomic E-state index is 10.6. The Morgan fingerprint density at radius 3 is 1.91 bits per heavy atom. The van der Waals surface area contributed by atoms with Gasteiger partial charge in [0.1, 0.15) is 0 Å². The van der Waals surface area contributed by atoms with Crippen molar-refractivity contribution in [1.82, 2.24) is 0 Å². The van der Waals surface area contributed by atoms with Crippen molar-refractivity contribution in [2.24, 2.45) is 5.92 Å². The fourth-order valence-corrected chi connectivity index (χ4v) is 0.559. The monoisotopic (exact) mass is 160 g/mol. The van der Waals surface area contributed by atoms with E-state index in [1.165, 1.54) is 0 Å². The second kappa shape index (κ2) is 3.70. The van der Waals surface area contributed by atoms with Crippen molar-refractivity contribution in [3.63, 3.8) is 0 Å². The van der Waals surface area contributed by atoms with Crippen LogP contribution in [0.2, 0.25) is 0 Å². The molecular weight excluding hydrogens is 152 g/mol. The third kappa shape index (κ3) is 2.37. The van der Waals surface area contributed by atoms with E-state index in [0.717, 1.165) is 14.0 Å². The highest BCUT2D eigenvalue weighted by molar-refractivity contribution is 6.13. The molecule has 1 N–H and O–H groups in total. The van der Waals surface area contributed by atoms with Crippen LogP contribution in [0.5, 0.6) is 0 Å². The summed E-state index contributed by atoms with van der Waals surface area (Å²) in [6.45, 7) is 1.02. The fraction of sp³-hybridized carbons (Fsp3) is 0.500. The number of ether oxygens (including phenoxy) is 1. The Labute approximate surface area is 63.0 Å². The van der Waals surface area contributed by atoms with Crippen molar-refractivity contribution < 1.29 is 24.2 Å². The van der Waals surface area contributed by atoms with E-state index < -0.39 is 23.6 Å². The molecule has 0 saturated heterocycles. The van der Waals surface area contributed by atoms with Crippen LogP contribution in [0.1, 0.15) is 6.92 Å². The van der Waals surface area contributed by atoms with E-state index >= 15 is 0 Å². The van der Waals surface area contributed by atoms with Crippen molar-refractivity contribution >= 4 is 17.7 Å². The molecule has 0 amide bonds. The lowest BCUT2D eigenvalue weighted by Crippen LogP contribution is -2.30. The first-order valence-corrected chi connectivity index (χ1v) is 2.81. The lowest BCUT2D eigenvalue weighted by atomic mass is 10.1. The Bertz CT molecular complexity index is 181. The summed E-state index contributed by atoms with van der Waals surface area (Å²) in [4.78, 5) is 31.3. The number of ketones is 1. The van der Waals surface area contributed by atoms with Gasteiger partial charge in [0.2, 0.25) is 5.92 Å². The SMILES string of the molecule is COC(=O)C(C(C)=O)C(=O)O. The minimum absolute atomic E-state index is 0.732. The summed E-state index contributed by atoms with van der Waals surface area (Å²) in [6, 6.07) is 0. The van der Waals surface area contributed by atoms with Gasteiger partial charge in [0.25, 0.3) is 0 Å². The number of carboxylic acids is 1.